The molecular weight excluding hydrogens is 444 g/mol. The molecule has 0 bridgehead atoms. The van der Waals surface area contributed by atoms with Gasteiger partial charge in [-0.3, -0.25) is 19.4 Å². The van der Waals surface area contributed by atoms with Crippen LogP contribution in [0.15, 0.2) is 24.3 Å². The number of carboxylic acid groups (broad SMARTS) is 2. The van der Waals surface area contributed by atoms with E-state index in [9.17, 15) is 5.11 Å². The Morgan fingerprint density at radius 1 is 1.03 bits per heavy atom. The number of morpholine rings is 1. The van der Waals surface area contributed by atoms with E-state index >= 15 is 0 Å². The Morgan fingerprint density at radius 3 is 2.32 bits per heavy atom. The Hall–Kier alpha value is -2.24. The minimum atomic E-state index is -0.250. The lowest BCUT2D eigenvalue weighted by Gasteiger charge is -2.36. The predicted molar refractivity (Wildman–Crippen MR) is 125 cm³/mol. The monoisotopic (exact) mass is 482 g/mol. The summed E-state index contributed by atoms with van der Waals surface area (Å²) < 4.78 is 17.0. The zero-order valence-corrected chi connectivity index (χ0v) is 19.7. The van der Waals surface area contributed by atoms with Gasteiger partial charge in [-0.05, 0) is 36.5 Å². The molecule has 1 aromatic rings. The van der Waals surface area contributed by atoms with Crippen LogP contribution < -0.4 is 4.74 Å². The minimum absolute atomic E-state index is 0.0538. The Morgan fingerprint density at radius 2 is 1.71 bits per heavy atom. The summed E-state index contributed by atoms with van der Waals surface area (Å²) in [5.74, 6) is 1.50. The predicted octanol–water partition coefficient (Wildman–Crippen LogP) is 1.02. The van der Waals surface area contributed by atoms with Gasteiger partial charge in [-0.15, -0.1) is 0 Å². The SMILES string of the molecule is O=CO.O=CO.OC[C@]12COCC[C@H]1CN(Cc1ccc(OCCCN3CCOCC3)cc1)C2. The summed E-state index contributed by atoms with van der Waals surface area (Å²) in [4.78, 5) is 21.6. The number of hydrogen-bond acceptors (Lipinski definition) is 8. The normalized spacial score (nSPS) is 24.6. The van der Waals surface area contributed by atoms with Crippen molar-refractivity contribution >= 4 is 12.9 Å². The van der Waals surface area contributed by atoms with Gasteiger partial charge in [-0.2, -0.15) is 0 Å². The van der Waals surface area contributed by atoms with Gasteiger partial charge < -0.3 is 29.5 Å². The van der Waals surface area contributed by atoms with Gasteiger partial charge in [-0.1, -0.05) is 12.1 Å². The zero-order valence-electron chi connectivity index (χ0n) is 19.7. The molecular formula is C24H38N2O8. The molecule has 0 unspecified atom stereocenters. The van der Waals surface area contributed by atoms with E-state index in [1.54, 1.807) is 0 Å². The first-order chi connectivity index (χ1) is 16.6. The number of aliphatic hydroxyl groups is 1. The van der Waals surface area contributed by atoms with Gasteiger partial charge in [-0.25, -0.2) is 0 Å². The Balaban J connectivity index is 0.000000618. The van der Waals surface area contributed by atoms with Crippen molar-refractivity contribution in [3.8, 4) is 5.75 Å². The molecule has 2 atom stereocenters. The van der Waals surface area contributed by atoms with Crippen molar-refractivity contribution in [3.05, 3.63) is 29.8 Å². The molecule has 3 saturated heterocycles. The van der Waals surface area contributed by atoms with Crippen molar-refractivity contribution in [2.75, 3.05) is 72.4 Å². The lowest BCUT2D eigenvalue weighted by Crippen LogP contribution is -2.42. The molecule has 1 aromatic carbocycles. The number of benzene rings is 1. The molecule has 3 N–H and O–H groups in total. The van der Waals surface area contributed by atoms with Crippen molar-refractivity contribution in [2.24, 2.45) is 11.3 Å². The molecule has 0 amide bonds. The minimum Gasteiger partial charge on any atom is -0.494 e. The van der Waals surface area contributed by atoms with E-state index in [1.807, 2.05) is 0 Å². The largest absolute Gasteiger partial charge is 0.494 e. The van der Waals surface area contributed by atoms with Gasteiger partial charge in [0.2, 0.25) is 0 Å². The summed E-state index contributed by atoms with van der Waals surface area (Å²) in [5, 5.41) is 23.7. The fraction of sp³-hybridized carbons (Fsp3) is 0.667. The van der Waals surface area contributed by atoms with Crippen LogP contribution in [0.3, 0.4) is 0 Å². The Labute approximate surface area is 201 Å². The van der Waals surface area contributed by atoms with Crippen molar-refractivity contribution in [1.82, 2.24) is 9.80 Å². The molecule has 3 fully saturated rings. The van der Waals surface area contributed by atoms with Crippen LogP contribution in [0.4, 0.5) is 0 Å². The second kappa shape index (κ2) is 15.6. The first kappa shape index (κ1) is 28.0. The van der Waals surface area contributed by atoms with Crippen molar-refractivity contribution < 1.29 is 39.1 Å². The summed E-state index contributed by atoms with van der Waals surface area (Å²) in [5.41, 5.74) is 1.25. The lowest BCUT2D eigenvalue weighted by atomic mass is 9.76. The van der Waals surface area contributed by atoms with Gasteiger partial charge in [0, 0.05) is 51.3 Å². The lowest BCUT2D eigenvalue weighted by molar-refractivity contribution is -0.123. The highest BCUT2D eigenvalue weighted by atomic mass is 16.5. The van der Waals surface area contributed by atoms with Crippen LogP contribution in [0, 0.1) is 11.3 Å². The number of likely N-dealkylation sites (tertiary alicyclic amines) is 1. The third-order valence-corrected chi connectivity index (χ3v) is 6.52. The highest BCUT2D eigenvalue weighted by Gasteiger charge is 2.47. The van der Waals surface area contributed by atoms with Crippen LogP contribution in [0.2, 0.25) is 0 Å². The second-order valence-electron chi connectivity index (χ2n) is 8.74. The number of aliphatic hydroxyl groups excluding tert-OH is 1. The molecule has 3 heterocycles. The summed E-state index contributed by atoms with van der Waals surface area (Å²) in [6.07, 6.45) is 2.11. The van der Waals surface area contributed by atoms with Crippen molar-refractivity contribution in [1.29, 1.82) is 0 Å². The standard InChI is InChI=1S/C22H34N2O4.2CH2O2/c25-17-22-16-24(15-20(22)6-11-27-18-22)14-19-2-4-21(5-3-19)28-10-1-7-23-8-12-26-13-9-23;2*2-1-3/h2-5,20,25H,1,6-18H2;2*1H,(H,2,3)/t20-,22+;;/m0../s1. The van der Waals surface area contributed by atoms with E-state index in [0.717, 1.165) is 84.3 Å². The molecule has 0 aromatic heterocycles. The summed E-state index contributed by atoms with van der Waals surface area (Å²) in [6, 6.07) is 8.50. The van der Waals surface area contributed by atoms with Crippen LogP contribution in [0.25, 0.3) is 0 Å². The topological polar surface area (TPSA) is 129 Å². The van der Waals surface area contributed by atoms with Gasteiger partial charge >= 0.3 is 0 Å². The second-order valence-corrected chi connectivity index (χ2v) is 8.74. The smallest absolute Gasteiger partial charge is 0.290 e. The average molecular weight is 483 g/mol. The third-order valence-electron chi connectivity index (χ3n) is 6.52. The quantitative estimate of drug-likeness (QED) is 0.365. The van der Waals surface area contributed by atoms with Crippen LogP contribution in [0.1, 0.15) is 18.4 Å². The van der Waals surface area contributed by atoms with Gasteiger partial charge in [0.25, 0.3) is 12.9 Å². The number of nitrogens with zero attached hydrogens (tertiary/aromatic N) is 2. The number of ether oxygens (including phenoxy) is 3. The van der Waals surface area contributed by atoms with Crippen LogP contribution in [0.5, 0.6) is 5.75 Å². The van der Waals surface area contributed by atoms with Gasteiger partial charge in [0.15, 0.2) is 0 Å². The number of hydrogen-bond donors (Lipinski definition) is 3. The van der Waals surface area contributed by atoms with Crippen LogP contribution in [-0.2, 0) is 25.6 Å². The Kier molecular flexibility index (Phi) is 12.9. The maximum absolute atomic E-state index is 9.93. The first-order valence-corrected chi connectivity index (χ1v) is 11.7. The van der Waals surface area contributed by atoms with Crippen molar-refractivity contribution in [3.63, 3.8) is 0 Å². The molecule has 4 rings (SSSR count). The molecule has 3 aliphatic heterocycles. The van der Waals surface area contributed by atoms with E-state index < -0.39 is 0 Å². The molecule has 0 aliphatic carbocycles. The van der Waals surface area contributed by atoms with E-state index in [0.29, 0.717) is 12.5 Å². The van der Waals surface area contributed by atoms with E-state index in [1.165, 1.54) is 5.56 Å². The number of rotatable bonds is 8. The fourth-order valence-electron chi connectivity index (χ4n) is 4.80. The zero-order chi connectivity index (χ0) is 24.7. The molecule has 192 valence electrons. The van der Waals surface area contributed by atoms with Crippen LogP contribution >= 0.6 is 0 Å². The summed E-state index contributed by atoms with van der Waals surface area (Å²) >= 11 is 0. The third kappa shape index (κ3) is 8.84. The highest BCUT2D eigenvalue weighted by molar-refractivity contribution is 5.33. The first-order valence-electron chi connectivity index (χ1n) is 11.7. The molecule has 10 heteroatoms. The Bertz CT molecular complexity index is 693. The molecule has 3 aliphatic rings. The van der Waals surface area contributed by atoms with Gasteiger partial charge in [0.05, 0.1) is 33.0 Å². The van der Waals surface area contributed by atoms with E-state index in [2.05, 4.69) is 34.1 Å². The average Bonchev–Trinajstić information content (AvgIpc) is 3.23. The van der Waals surface area contributed by atoms with Crippen molar-refractivity contribution in [2.45, 2.75) is 19.4 Å². The van der Waals surface area contributed by atoms with Crippen LogP contribution in [-0.4, -0.2) is 110 Å². The number of carbonyl (C=O) groups is 2. The molecule has 0 spiro atoms. The van der Waals surface area contributed by atoms with Gasteiger partial charge in [0.1, 0.15) is 5.75 Å². The maximum atomic E-state index is 9.93. The number of fused-ring (bicyclic) bond motifs is 1. The fourth-order valence-corrected chi connectivity index (χ4v) is 4.80. The molecule has 0 radical (unpaired) electrons. The van der Waals surface area contributed by atoms with E-state index in [4.69, 9.17) is 34.0 Å². The maximum Gasteiger partial charge on any atom is 0.290 e. The molecule has 0 saturated carbocycles. The van der Waals surface area contributed by atoms with E-state index in [-0.39, 0.29) is 25.0 Å². The molecule has 10 nitrogen and oxygen atoms in total. The molecule has 34 heavy (non-hydrogen) atoms. The highest BCUT2D eigenvalue weighted by Crippen LogP contribution is 2.41. The summed E-state index contributed by atoms with van der Waals surface area (Å²) in [7, 11) is 0. The summed E-state index contributed by atoms with van der Waals surface area (Å²) in [6.45, 7) is 9.78.